The van der Waals surface area contributed by atoms with Crippen LogP contribution in [0, 0.1) is 0 Å². The lowest BCUT2D eigenvalue weighted by atomic mass is 10.2. The van der Waals surface area contributed by atoms with Gasteiger partial charge in [0.2, 0.25) is 0 Å². The lowest BCUT2D eigenvalue weighted by molar-refractivity contribution is 0.326. The number of nitrogen functional groups attached to an aromatic ring is 1. The fourth-order valence-electron chi connectivity index (χ4n) is 1.43. The SMILES string of the molecule is C=CCOc1ccc(C=Nn2nnnc2N)cc1OC. The molecule has 0 bridgehead atoms. The molecule has 0 amide bonds. The zero-order valence-electron chi connectivity index (χ0n) is 10.9. The highest BCUT2D eigenvalue weighted by Gasteiger charge is 2.04. The van der Waals surface area contributed by atoms with Crippen LogP contribution in [-0.4, -0.2) is 40.2 Å². The Bertz CT molecular complexity index is 622. The summed E-state index contributed by atoms with van der Waals surface area (Å²) in [5.41, 5.74) is 6.29. The molecule has 0 saturated heterocycles. The van der Waals surface area contributed by atoms with Gasteiger partial charge in [0, 0.05) is 0 Å². The molecule has 2 aromatic rings. The minimum absolute atomic E-state index is 0.110. The molecule has 0 aliphatic rings. The van der Waals surface area contributed by atoms with Crippen LogP contribution < -0.4 is 15.2 Å². The summed E-state index contributed by atoms with van der Waals surface area (Å²) in [5, 5.41) is 14.5. The number of hydrogen-bond donors (Lipinski definition) is 1. The van der Waals surface area contributed by atoms with Gasteiger partial charge < -0.3 is 15.2 Å². The molecule has 0 radical (unpaired) electrons. The summed E-state index contributed by atoms with van der Waals surface area (Å²) < 4.78 is 10.7. The molecule has 104 valence electrons. The first kappa shape index (κ1) is 13.5. The topological polar surface area (TPSA) is 100 Å². The van der Waals surface area contributed by atoms with Crippen LogP contribution in [0.3, 0.4) is 0 Å². The third-order valence-corrected chi connectivity index (χ3v) is 2.34. The van der Waals surface area contributed by atoms with E-state index in [9.17, 15) is 0 Å². The average molecular weight is 274 g/mol. The molecule has 0 fully saturated rings. The normalized spacial score (nSPS) is 10.7. The van der Waals surface area contributed by atoms with Gasteiger partial charge in [-0.1, -0.05) is 22.5 Å². The monoisotopic (exact) mass is 274 g/mol. The van der Waals surface area contributed by atoms with E-state index in [4.69, 9.17) is 15.2 Å². The van der Waals surface area contributed by atoms with Crippen LogP contribution in [0.25, 0.3) is 0 Å². The molecule has 20 heavy (non-hydrogen) atoms. The molecule has 8 nitrogen and oxygen atoms in total. The Morgan fingerprint density at radius 3 is 2.95 bits per heavy atom. The maximum Gasteiger partial charge on any atom is 0.263 e. The molecule has 1 aromatic carbocycles. The minimum atomic E-state index is 0.110. The van der Waals surface area contributed by atoms with Gasteiger partial charge in [-0.3, -0.25) is 0 Å². The molecule has 0 atom stereocenters. The average Bonchev–Trinajstić information content (AvgIpc) is 2.88. The zero-order valence-corrected chi connectivity index (χ0v) is 10.9. The van der Waals surface area contributed by atoms with Gasteiger partial charge in [0.25, 0.3) is 5.95 Å². The second-order valence-electron chi connectivity index (χ2n) is 3.68. The van der Waals surface area contributed by atoms with E-state index in [-0.39, 0.29) is 5.95 Å². The maximum atomic E-state index is 5.50. The summed E-state index contributed by atoms with van der Waals surface area (Å²) in [4.78, 5) is 1.12. The zero-order chi connectivity index (χ0) is 14.4. The van der Waals surface area contributed by atoms with E-state index in [0.717, 1.165) is 10.4 Å². The highest BCUT2D eigenvalue weighted by atomic mass is 16.5. The van der Waals surface area contributed by atoms with Gasteiger partial charge in [0.15, 0.2) is 11.5 Å². The van der Waals surface area contributed by atoms with Gasteiger partial charge >= 0.3 is 0 Å². The number of nitrogens with zero attached hydrogens (tertiary/aromatic N) is 5. The number of nitrogens with two attached hydrogens (primary N) is 1. The summed E-state index contributed by atoms with van der Waals surface area (Å²) >= 11 is 0. The summed E-state index contributed by atoms with van der Waals surface area (Å²) in [5.74, 6) is 1.34. The summed E-state index contributed by atoms with van der Waals surface area (Å²) in [7, 11) is 1.57. The van der Waals surface area contributed by atoms with Crippen LogP contribution in [0.5, 0.6) is 11.5 Å². The molecule has 2 N–H and O–H groups in total. The summed E-state index contributed by atoms with van der Waals surface area (Å²) in [6.45, 7) is 4.00. The third-order valence-electron chi connectivity index (χ3n) is 2.34. The van der Waals surface area contributed by atoms with Crippen molar-refractivity contribution in [2.24, 2.45) is 5.10 Å². The molecular weight excluding hydrogens is 260 g/mol. The Kier molecular flexibility index (Phi) is 4.28. The number of methoxy groups -OCH3 is 1. The molecule has 0 unspecified atom stereocenters. The molecule has 0 aliphatic heterocycles. The van der Waals surface area contributed by atoms with Crippen LogP contribution >= 0.6 is 0 Å². The predicted molar refractivity (Wildman–Crippen MR) is 73.9 cm³/mol. The van der Waals surface area contributed by atoms with Gasteiger partial charge in [-0.2, -0.15) is 5.10 Å². The number of hydrogen-bond acceptors (Lipinski definition) is 7. The fourth-order valence-corrected chi connectivity index (χ4v) is 1.43. The van der Waals surface area contributed by atoms with Gasteiger partial charge in [0.1, 0.15) is 6.61 Å². The molecule has 1 aromatic heterocycles. The first-order chi connectivity index (χ1) is 9.74. The van der Waals surface area contributed by atoms with Gasteiger partial charge in [-0.25, -0.2) is 0 Å². The lowest BCUT2D eigenvalue weighted by Gasteiger charge is -2.09. The largest absolute Gasteiger partial charge is 0.493 e. The first-order valence-electron chi connectivity index (χ1n) is 5.74. The standard InChI is InChI=1S/C12H14N6O2/c1-3-6-20-10-5-4-9(7-11(10)19-2)8-14-18-12(13)15-16-17-18/h3-5,7-8H,1,6H2,2H3,(H2,13,15,17). The van der Waals surface area contributed by atoms with Crippen molar-refractivity contribution in [2.75, 3.05) is 19.5 Å². The van der Waals surface area contributed by atoms with Crippen molar-refractivity contribution in [1.82, 2.24) is 20.3 Å². The quantitative estimate of drug-likeness (QED) is 0.615. The molecular formula is C12H14N6O2. The minimum Gasteiger partial charge on any atom is -0.493 e. The number of rotatable bonds is 6. The second kappa shape index (κ2) is 6.32. The molecule has 0 aliphatic carbocycles. The second-order valence-corrected chi connectivity index (χ2v) is 3.68. The predicted octanol–water partition coefficient (Wildman–Crippen LogP) is 0.711. The van der Waals surface area contributed by atoms with E-state index in [2.05, 4.69) is 27.2 Å². The van der Waals surface area contributed by atoms with Crippen molar-refractivity contribution in [2.45, 2.75) is 0 Å². The third kappa shape index (κ3) is 3.10. The maximum absolute atomic E-state index is 5.50. The van der Waals surface area contributed by atoms with Crippen LogP contribution in [0.4, 0.5) is 5.95 Å². The highest BCUT2D eigenvalue weighted by molar-refractivity contribution is 5.80. The van der Waals surface area contributed by atoms with Crippen LogP contribution in [0.1, 0.15) is 5.56 Å². The van der Waals surface area contributed by atoms with Crippen LogP contribution in [0.2, 0.25) is 0 Å². The van der Waals surface area contributed by atoms with E-state index in [1.165, 1.54) is 0 Å². The van der Waals surface area contributed by atoms with Gasteiger partial charge in [-0.15, -0.1) is 0 Å². The van der Waals surface area contributed by atoms with Crippen molar-refractivity contribution in [3.8, 4) is 11.5 Å². The Morgan fingerprint density at radius 1 is 1.45 bits per heavy atom. The van der Waals surface area contributed by atoms with Gasteiger partial charge in [0.05, 0.1) is 13.3 Å². The smallest absolute Gasteiger partial charge is 0.263 e. The Morgan fingerprint density at radius 2 is 2.30 bits per heavy atom. The van der Waals surface area contributed by atoms with Crippen LogP contribution in [-0.2, 0) is 0 Å². The Labute approximate surface area is 115 Å². The summed E-state index contributed by atoms with van der Waals surface area (Å²) in [6.07, 6.45) is 3.22. The van der Waals surface area contributed by atoms with E-state index >= 15 is 0 Å². The Hall–Kier alpha value is -2.90. The van der Waals surface area contributed by atoms with E-state index in [1.807, 2.05) is 6.07 Å². The number of anilines is 1. The lowest BCUT2D eigenvalue weighted by Crippen LogP contribution is -2.00. The van der Waals surface area contributed by atoms with Crippen molar-refractivity contribution >= 4 is 12.2 Å². The van der Waals surface area contributed by atoms with Crippen molar-refractivity contribution in [3.63, 3.8) is 0 Å². The number of aromatic nitrogens is 4. The number of ether oxygens (including phenoxy) is 2. The van der Waals surface area contributed by atoms with Crippen LogP contribution in [0.15, 0.2) is 36.0 Å². The first-order valence-corrected chi connectivity index (χ1v) is 5.74. The van der Waals surface area contributed by atoms with E-state index in [1.54, 1.807) is 31.5 Å². The molecule has 0 saturated carbocycles. The van der Waals surface area contributed by atoms with E-state index < -0.39 is 0 Å². The van der Waals surface area contributed by atoms with Gasteiger partial charge in [-0.05, 0) is 34.2 Å². The van der Waals surface area contributed by atoms with Crippen molar-refractivity contribution in [1.29, 1.82) is 0 Å². The molecule has 2 rings (SSSR count). The van der Waals surface area contributed by atoms with E-state index in [0.29, 0.717) is 18.1 Å². The number of benzene rings is 1. The Balaban J connectivity index is 2.19. The highest BCUT2D eigenvalue weighted by Crippen LogP contribution is 2.27. The number of tetrazole rings is 1. The van der Waals surface area contributed by atoms with Crippen molar-refractivity contribution < 1.29 is 9.47 Å². The van der Waals surface area contributed by atoms with Crippen molar-refractivity contribution in [3.05, 3.63) is 36.4 Å². The fraction of sp³-hybridized carbons (Fsp3) is 0.167. The summed E-state index contributed by atoms with van der Waals surface area (Å²) in [6, 6.07) is 5.39. The molecule has 0 spiro atoms. The molecule has 8 heteroatoms. The molecule has 1 heterocycles.